The molecule has 2 fully saturated rings. The second kappa shape index (κ2) is 13.5. The van der Waals surface area contributed by atoms with Crippen molar-refractivity contribution in [3.63, 3.8) is 0 Å². The first-order valence-corrected chi connectivity index (χ1v) is 17.0. The molecule has 8 N–H and O–H groups in total. The van der Waals surface area contributed by atoms with E-state index in [1.54, 1.807) is 0 Å². The molecule has 0 radical (unpaired) electrons. The summed E-state index contributed by atoms with van der Waals surface area (Å²) >= 11 is 8.25. The number of aromatic amines is 1. The van der Waals surface area contributed by atoms with Gasteiger partial charge in [-0.15, -0.1) is 5.10 Å². The van der Waals surface area contributed by atoms with Crippen LogP contribution in [0.5, 0.6) is 0 Å². The number of fused-ring (bicyclic) bond motifs is 2. The maximum atomic E-state index is 15.3. The summed E-state index contributed by atoms with van der Waals surface area (Å²) < 4.78 is 63.1. The summed E-state index contributed by atoms with van der Waals surface area (Å²) in [5.74, 6) is -0.240. The molecule has 6 rings (SSSR count). The van der Waals surface area contributed by atoms with Gasteiger partial charge in [-0.3, -0.25) is 23.4 Å². The molecule has 9 atom stereocenters. The summed E-state index contributed by atoms with van der Waals surface area (Å²) in [5, 5.41) is 27.5. The minimum absolute atomic E-state index is 0.0550. The molecule has 0 aromatic carbocycles. The fraction of sp³-hybridized carbons (Fsp3) is 0.526. The van der Waals surface area contributed by atoms with Crippen molar-refractivity contribution < 1.29 is 47.0 Å². The molecule has 6 heterocycles. The quantitative estimate of drug-likeness (QED) is 0.0859. The van der Waals surface area contributed by atoms with E-state index in [0.29, 0.717) is 0 Å². The number of anilines is 2. The van der Waals surface area contributed by atoms with E-state index in [9.17, 15) is 19.9 Å². The zero-order valence-corrected chi connectivity index (χ0v) is 25.7. The smallest absolute Gasteiger partial charge is 0.325 e. The number of nitrogen functional groups attached to an aromatic ring is 2. The molecular formula is C19H23F2N11O9P2S2. The summed E-state index contributed by atoms with van der Waals surface area (Å²) in [7, 11) is -0.139. The average Bonchev–Trinajstić information content (AvgIpc) is 3.74. The van der Waals surface area contributed by atoms with Gasteiger partial charge in [0.15, 0.2) is 47.4 Å². The lowest BCUT2D eigenvalue weighted by Gasteiger charge is -2.25. The van der Waals surface area contributed by atoms with Crippen molar-refractivity contribution in [2.75, 3.05) is 24.7 Å². The molecule has 0 aliphatic carbocycles. The summed E-state index contributed by atoms with van der Waals surface area (Å²) in [6, 6.07) is 0. The van der Waals surface area contributed by atoms with E-state index < -0.39 is 74.7 Å². The number of aromatic nitrogens is 9. The summed E-state index contributed by atoms with van der Waals surface area (Å²) in [6.07, 6.45) is -10.9. The number of aliphatic hydroxyl groups is 2. The highest BCUT2D eigenvalue weighted by Crippen LogP contribution is 2.51. The van der Waals surface area contributed by atoms with Crippen molar-refractivity contribution in [2.24, 2.45) is 0 Å². The van der Waals surface area contributed by atoms with Crippen LogP contribution in [0.25, 0.3) is 22.3 Å². The van der Waals surface area contributed by atoms with Crippen molar-refractivity contribution >= 4 is 72.5 Å². The Morgan fingerprint density at radius 3 is 2.58 bits per heavy atom. The zero-order valence-electron chi connectivity index (χ0n) is 22.2. The minimum Gasteiger partial charge on any atom is -0.394 e. The first-order valence-electron chi connectivity index (χ1n) is 12.4. The van der Waals surface area contributed by atoms with E-state index in [1.165, 1.54) is 10.9 Å². The van der Waals surface area contributed by atoms with Crippen LogP contribution in [0.15, 0.2) is 17.4 Å². The Hall–Kier alpha value is -2.89. The molecule has 2 aliphatic heterocycles. The number of hydrogen-bond acceptors (Lipinski definition) is 17. The molecule has 4 aromatic heterocycles. The molecule has 0 spiro atoms. The summed E-state index contributed by atoms with van der Waals surface area (Å²) in [5.41, 5.74) is 10.5. The van der Waals surface area contributed by atoms with Crippen molar-refractivity contribution in [1.82, 2.24) is 44.5 Å². The Bertz CT molecular complexity index is 1800. The van der Waals surface area contributed by atoms with Crippen LogP contribution in [0.3, 0.4) is 0 Å². The molecule has 0 bridgehead atoms. The number of halogens is 2. The van der Waals surface area contributed by atoms with Crippen LogP contribution in [0.2, 0.25) is 0 Å². The van der Waals surface area contributed by atoms with Crippen LogP contribution in [0, 0.1) is 0 Å². The maximum absolute atomic E-state index is 15.3. The third-order valence-corrected chi connectivity index (χ3v) is 8.21. The third-order valence-electron chi connectivity index (χ3n) is 6.65. The molecule has 0 amide bonds. The number of rotatable bonds is 8. The molecular weight excluding hydrogens is 690 g/mol. The number of imidazole rings is 1. The minimum atomic E-state index is -4.37. The maximum Gasteiger partial charge on any atom is 0.325 e. The van der Waals surface area contributed by atoms with Crippen molar-refractivity contribution in [3.05, 3.63) is 23.0 Å². The molecule has 4 aromatic rings. The normalized spacial score (nSPS) is 29.6. The van der Waals surface area contributed by atoms with Gasteiger partial charge in [0.2, 0.25) is 13.6 Å². The van der Waals surface area contributed by atoms with Gasteiger partial charge in [-0.05, 0) is 11.8 Å². The highest BCUT2D eigenvalue weighted by molar-refractivity contribution is 8.33. The van der Waals surface area contributed by atoms with Gasteiger partial charge in [-0.2, -0.15) is 9.67 Å². The number of alkyl halides is 2. The first kappa shape index (κ1) is 33.5. The number of H-pyrrole nitrogens is 1. The molecule has 26 heteroatoms. The monoisotopic (exact) mass is 713 g/mol. The highest BCUT2D eigenvalue weighted by atomic mass is 32.7. The van der Waals surface area contributed by atoms with Gasteiger partial charge < -0.3 is 40.6 Å². The molecule has 0 saturated carbocycles. The number of hydrogen-bond donors (Lipinski definition) is 7. The number of nitrogens with one attached hydrogen (secondary N) is 1. The second-order valence-electron chi connectivity index (χ2n) is 9.35. The summed E-state index contributed by atoms with van der Waals surface area (Å²) in [4.78, 5) is 41.0. The lowest BCUT2D eigenvalue weighted by Crippen LogP contribution is -2.33. The Kier molecular flexibility index (Phi) is 10.0. The molecule has 2 aliphatic rings. The zero-order chi connectivity index (χ0) is 32.6. The van der Waals surface area contributed by atoms with Gasteiger partial charge in [0.05, 0.1) is 19.5 Å². The Morgan fingerprint density at radius 2 is 1.87 bits per heavy atom. The van der Waals surface area contributed by atoms with Gasteiger partial charge in [0.1, 0.15) is 36.3 Å². The van der Waals surface area contributed by atoms with E-state index in [-0.39, 0.29) is 41.8 Å². The van der Waals surface area contributed by atoms with Crippen LogP contribution in [0.1, 0.15) is 12.5 Å². The van der Waals surface area contributed by atoms with Gasteiger partial charge in [0, 0.05) is 0 Å². The standard InChI is InChI=1S/C19H22F2N11O8PS.HOPS/c20-7-5(1-33)38-18(32-15-10(29-30-32)16(35)28-19(23)27-15)12(7)40-41(36,42)37-2-6-11(34)8(21)17(39-6)31-4-26-9-13(22)24-3-25-14(9)31;1-2-3/h3-8,11-12,17-18,33-34H,1-2H2,(H,36,42)(H2,22,24,25)(H3,23,27,28,35);(H,1,3)/t5-,6-,7-,8+,11-,12-,17-,18-,41?;/m1./s1. The predicted molar refractivity (Wildman–Crippen MR) is 155 cm³/mol. The van der Waals surface area contributed by atoms with Crippen LogP contribution >= 0.6 is 26.6 Å². The number of thiol groups is 1. The van der Waals surface area contributed by atoms with E-state index >= 15 is 8.78 Å². The van der Waals surface area contributed by atoms with Crippen LogP contribution in [-0.2, 0) is 34.9 Å². The van der Waals surface area contributed by atoms with E-state index in [4.69, 9.17) is 46.4 Å². The fourth-order valence-corrected chi connectivity index (χ4v) is 6.06. The SMILES string of the molecule is Nc1nc2c(nnn2[C@@H]2O[C@H](CO)[C@@H](F)[C@H]2OP(O)(=S)OC[C@H]2O[C@@H](n3cnc4c(N)ncnc43)[C@@H](F)[C@@H]2O)c(=O)[nH]1.O=PS. The largest absolute Gasteiger partial charge is 0.394 e. The van der Waals surface area contributed by atoms with Gasteiger partial charge in [-0.25, -0.2) is 23.7 Å². The molecule has 244 valence electrons. The Morgan fingerprint density at radius 1 is 1.16 bits per heavy atom. The Balaban J connectivity index is 0.00000128. The van der Waals surface area contributed by atoms with Crippen LogP contribution < -0.4 is 17.0 Å². The lowest BCUT2D eigenvalue weighted by molar-refractivity contribution is -0.0596. The number of nitrogens with two attached hydrogens (primary N) is 2. The Labute approximate surface area is 260 Å². The van der Waals surface area contributed by atoms with Crippen LogP contribution in [-0.4, -0.2) is 110 Å². The third kappa shape index (κ3) is 6.53. The topological polar surface area (TPSA) is 287 Å². The lowest BCUT2D eigenvalue weighted by atomic mass is 10.1. The van der Waals surface area contributed by atoms with Crippen LogP contribution in [0.4, 0.5) is 20.5 Å². The van der Waals surface area contributed by atoms with E-state index in [1.807, 2.05) is 0 Å². The second-order valence-corrected chi connectivity index (χ2v) is 12.8. The number of ether oxygens (including phenoxy) is 2. The highest BCUT2D eigenvalue weighted by Gasteiger charge is 2.51. The van der Waals surface area contributed by atoms with Crippen molar-refractivity contribution in [1.29, 1.82) is 0 Å². The van der Waals surface area contributed by atoms with Gasteiger partial charge in [-0.1, -0.05) is 17.5 Å². The van der Waals surface area contributed by atoms with Gasteiger partial charge >= 0.3 is 6.72 Å². The van der Waals surface area contributed by atoms with Crippen molar-refractivity contribution in [2.45, 2.75) is 49.2 Å². The number of nitrogens with zero attached hydrogens (tertiary/aromatic N) is 8. The van der Waals surface area contributed by atoms with E-state index in [2.05, 4.69) is 47.5 Å². The first-order chi connectivity index (χ1) is 21.4. The molecule has 20 nitrogen and oxygen atoms in total. The predicted octanol–water partition coefficient (Wildman–Crippen LogP) is -0.915. The van der Waals surface area contributed by atoms with Gasteiger partial charge in [0.25, 0.3) is 5.56 Å². The molecule has 45 heavy (non-hydrogen) atoms. The molecule has 1 unspecified atom stereocenters. The summed E-state index contributed by atoms with van der Waals surface area (Å²) in [6.45, 7) is -5.84. The van der Waals surface area contributed by atoms with E-state index in [0.717, 1.165) is 11.0 Å². The fourth-order valence-electron chi connectivity index (χ4n) is 4.65. The average molecular weight is 714 g/mol. The molecule has 2 saturated heterocycles. The van der Waals surface area contributed by atoms with Crippen molar-refractivity contribution in [3.8, 4) is 0 Å². The number of aliphatic hydroxyl groups excluding tert-OH is 2.